The van der Waals surface area contributed by atoms with Crippen LogP contribution in [0, 0.1) is 0 Å². The number of oxime groups is 1. The molecule has 17 heavy (non-hydrogen) atoms. The molecule has 0 unspecified atom stereocenters. The van der Waals surface area contributed by atoms with Crippen LogP contribution in [-0.4, -0.2) is 11.4 Å². The Hall–Kier alpha value is -1.73. The minimum Gasteiger partial charge on any atom is -0.411 e. The summed E-state index contributed by atoms with van der Waals surface area (Å²) in [5.41, 5.74) is -4.54. The van der Waals surface area contributed by atoms with Crippen LogP contribution in [0.5, 0.6) is 0 Å². The third-order valence-electron chi connectivity index (χ3n) is 1.88. The number of rotatable bonds is 1. The topological polar surface area (TPSA) is 32.6 Å². The molecule has 0 aliphatic carbocycles. The van der Waals surface area contributed by atoms with Gasteiger partial charge in [0.1, 0.15) is 0 Å². The normalized spacial score (nSPS) is 13.3. The van der Waals surface area contributed by atoms with Gasteiger partial charge in [-0.15, -0.1) is 0 Å². The standard InChI is InChI=1S/C9H5F6NO/c10-8(11,12)6-3-1-2-5(4-16-17)7(6)9(13,14)15/h1-4,17H/b16-4-. The Balaban J connectivity index is 3.57. The van der Waals surface area contributed by atoms with E-state index in [0.717, 1.165) is 12.1 Å². The molecule has 1 aromatic carbocycles. The molecule has 0 amide bonds. The Morgan fingerprint density at radius 2 is 1.59 bits per heavy atom. The summed E-state index contributed by atoms with van der Waals surface area (Å²) < 4.78 is 74.7. The first kappa shape index (κ1) is 13.3. The van der Waals surface area contributed by atoms with Gasteiger partial charge >= 0.3 is 12.4 Å². The molecule has 0 aromatic heterocycles. The van der Waals surface area contributed by atoms with Crippen molar-refractivity contribution in [3.8, 4) is 0 Å². The second-order valence-corrected chi connectivity index (χ2v) is 3.01. The monoisotopic (exact) mass is 257 g/mol. The number of hydrogen-bond acceptors (Lipinski definition) is 2. The molecular weight excluding hydrogens is 252 g/mol. The van der Waals surface area contributed by atoms with Crippen LogP contribution >= 0.6 is 0 Å². The van der Waals surface area contributed by atoms with E-state index < -0.39 is 29.0 Å². The van der Waals surface area contributed by atoms with E-state index in [9.17, 15) is 26.3 Å². The summed E-state index contributed by atoms with van der Waals surface area (Å²) in [6.07, 6.45) is -10.0. The Labute approximate surface area is 91.2 Å². The highest BCUT2D eigenvalue weighted by molar-refractivity contribution is 5.82. The van der Waals surface area contributed by atoms with E-state index in [1.54, 1.807) is 0 Å². The van der Waals surface area contributed by atoms with Crippen LogP contribution in [-0.2, 0) is 12.4 Å². The second kappa shape index (κ2) is 4.27. The highest BCUT2D eigenvalue weighted by Crippen LogP contribution is 2.41. The van der Waals surface area contributed by atoms with Gasteiger partial charge in [0.05, 0.1) is 17.3 Å². The molecular formula is C9H5F6NO. The smallest absolute Gasteiger partial charge is 0.411 e. The highest BCUT2D eigenvalue weighted by atomic mass is 19.4. The fourth-order valence-corrected chi connectivity index (χ4v) is 1.29. The fraction of sp³-hybridized carbons (Fsp3) is 0.222. The van der Waals surface area contributed by atoms with Crippen LogP contribution in [0.25, 0.3) is 0 Å². The summed E-state index contributed by atoms with van der Waals surface area (Å²) in [5, 5.41) is 10.4. The summed E-state index contributed by atoms with van der Waals surface area (Å²) in [4.78, 5) is 0. The summed E-state index contributed by atoms with van der Waals surface area (Å²) in [7, 11) is 0. The number of benzene rings is 1. The van der Waals surface area contributed by atoms with E-state index in [1.807, 2.05) is 0 Å². The Kier molecular flexibility index (Phi) is 3.35. The summed E-state index contributed by atoms with van der Waals surface area (Å²) in [5.74, 6) is 0. The lowest BCUT2D eigenvalue weighted by atomic mass is 10.0. The van der Waals surface area contributed by atoms with Gasteiger partial charge in [0.15, 0.2) is 0 Å². The maximum atomic E-state index is 12.5. The predicted molar refractivity (Wildman–Crippen MR) is 45.8 cm³/mol. The van der Waals surface area contributed by atoms with E-state index in [0.29, 0.717) is 12.3 Å². The van der Waals surface area contributed by atoms with Gasteiger partial charge < -0.3 is 5.21 Å². The molecule has 0 atom stereocenters. The molecule has 8 heteroatoms. The van der Waals surface area contributed by atoms with Gasteiger partial charge in [-0.2, -0.15) is 26.3 Å². The zero-order valence-electron chi connectivity index (χ0n) is 7.97. The zero-order valence-corrected chi connectivity index (χ0v) is 7.97. The van der Waals surface area contributed by atoms with Gasteiger partial charge in [0.2, 0.25) is 0 Å². The lowest BCUT2D eigenvalue weighted by Gasteiger charge is -2.17. The molecule has 0 heterocycles. The molecule has 0 aliphatic heterocycles. The lowest BCUT2D eigenvalue weighted by molar-refractivity contribution is -0.162. The van der Waals surface area contributed by atoms with Crippen molar-refractivity contribution < 1.29 is 31.5 Å². The zero-order chi connectivity index (χ0) is 13.3. The Morgan fingerprint density at radius 1 is 1.00 bits per heavy atom. The van der Waals surface area contributed by atoms with Crippen LogP contribution in [0.1, 0.15) is 16.7 Å². The average molecular weight is 257 g/mol. The van der Waals surface area contributed by atoms with Crippen molar-refractivity contribution in [2.45, 2.75) is 12.4 Å². The summed E-state index contributed by atoms with van der Waals surface area (Å²) >= 11 is 0. The van der Waals surface area contributed by atoms with Crippen molar-refractivity contribution in [2.24, 2.45) is 5.16 Å². The number of alkyl halides is 6. The van der Waals surface area contributed by atoms with Gasteiger partial charge in [-0.05, 0) is 6.07 Å². The molecule has 94 valence electrons. The Morgan fingerprint density at radius 3 is 2.00 bits per heavy atom. The van der Waals surface area contributed by atoms with Crippen LogP contribution < -0.4 is 0 Å². The largest absolute Gasteiger partial charge is 0.417 e. The first-order valence-electron chi connectivity index (χ1n) is 4.12. The van der Waals surface area contributed by atoms with Crippen LogP contribution in [0.2, 0.25) is 0 Å². The van der Waals surface area contributed by atoms with Crippen molar-refractivity contribution in [1.82, 2.24) is 0 Å². The summed E-state index contributed by atoms with van der Waals surface area (Å²) in [6.45, 7) is 0. The first-order valence-corrected chi connectivity index (χ1v) is 4.12. The van der Waals surface area contributed by atoms with E-state index in [2.05, 4.69) is 5.16 Å². The van der Waals surface area contributed by atoms with Crippen LogP contribution in [0.15, 0.2) is 23.4 Å². The van der Waals surface area contributed by atoms with E-state index in [-0.39, 0.29) is 0 Å². The molecule has 2 nitrogen and oxygen atoms in total. The Bertz CT molecular complexity index is 434. The van der Waals surface area contributed by atoms with E-state index >= 15 is 0 Å². The first-order chi connectivity index (χ1) is 7.68. The molecule has 0 bridgehead atoms. The lowest BCUT2D eigenvalue weighted by Crippen LogP contribution is -2.18. The number of hydrogen-bond donors (Lipinski definition) is 1. The molecule has 0 radical (unpaired) electrons. The number of halogens is 6. The highest BCUT2D eigenvalue weighted by Gasteiger charge is 2.44. The van der Waals surface area contributed by atoms with E-state index in [4.69, 9.17) is 5.21 Å². The van der Waals surface area contributed by atoms with Crippen molar-refractivity contribution in [3.05, 3.63) is 34.9 Å². The fourth-order valence-electron chi connectivity index (χ4n) is 1.29. The predicted octanol–water partition coefficient (Wildman–Crippen LogP) is 3.53. The summed E-state index contributed by atoms with van der Waals surface area (Å²) in [6, 6.07) is 1.89. The van der Waals surface area contributed by atoms with Gasteiger partial charge in [0.25, 0.3) is 0 Å². The molecule has 0 aliphatic rings. The maximum absolute atomic E-state index is 12.5. The quantitative estimate of drug-likeness (QED) is 0.355. The van der Waals surface area contributed by atoms with Crippen molar-refractivity contribution in [2.75, 3.05) is 0 Å². The van der Waals surface area contributed by atoms with Gasteiger partial charge in [-0.25, -0.2) is 0 Å². The minimum atomic E-state index is -5.19. The van der Waals surface area contributed by atoms with Gasteiger partial charge in [-0.1, -0.05) is 17.3 Å². The number of nitrogens with zero attached hydrogens (tertiary/aromatic N) is 1. The van der Waals surface area contributed by atoms with Gasteiger partial charge in [0, 0.05) is 5.56 Å². The molecule has 1 aromatic rings. The molecule has 1 N–H and O–H groups in total. The molecule has 0 spiro atoms. The average Bonchev–Trinajstić information content (AvgIpc) is 2.14. The van der Waals surface area contributed by atoms with Gasteiger partial charge in [-0.3, -0.25) is 0 Å². The van der Waals surface area contributed by atoms with Crippen molar-refractivity contribution in [3.63, 3.8) is 0 Å². The molecule has 1 rings (SSSR count). The maximum Gasteiger partial charge on any atom is 0.417 e. The molecule has 0 saturated heterocycles. The van der Waals surface area contributed by atoms with Crippen molar-refractivity contribution >= 4 is 6.21 Å². The third kappa shape index (κ3) is 2.89. The molecule has 0 fully saturated rings. The SMILES string of the molecule is O/N=C\c1cccc(C(F)(F)F)c1C(F)(F)F. The second-order valence-electron chi connectivity index (χ2n) is 3.01. The minimum absolute atomic E-state index is 0.304. The molecule has 0 saturated carbocycles. The van der Waals surface area contributed by atoms with Crippen LogP contribution in [0.4, 0.5) is 26.3 Å². The van der Waals surface area contributed by atoms with Crippen LogP contribution in [0.3, 0.4) is 0 Å². The third-order valence-corrected chi connectivity index (χ3v) is 1.88. The van der Waals surface area contributed by atoms with Crippen molar-refractivity contribution in [1.29, 1.82) is 0 Å². The van der Waals surface area contributed by atoms with E-state index in [1.165, 1.54) is 0 Å².